The molecule has 1 N–H and O–H groups in total. The lowest BCUT2D eigenvalue weighted by Crippen LogP contribution is -2.36. The Morgan fingerprint density at radius 1 is 1.27 bits per heavy atom. The Hall–Kier alpha value is -2.61. The highest BCUT2D eigenvalue weighted by molar-refractivity contribution is 7.92. The van der Waals surface area contributed by atoms with E-state index in [1.54, 1.807) is 44.4 Å². The molecule has 0 unspecified atom stereocenters. The molecule has 1 aliphatic rings. The molecule has 7 nitrogen and oxygen atoms in total. The van der Waals surface area contributed by atoms with Crippen molar-refractivity contribution in [2.75, 3.05) is 21.9 Å². The van der Waals surface area contributed by atoms with Crippen LogP contribution in [0.15, 0.2) is 41.3 Å². The Bertz CT molecular complexity index is 1010. The quantitative estimate of drug-likeness (QED) is 0.882. The van der Waals surface area contributed by atoms with Gasteiger partial charge in [-0.05, 0) is 55.7 Å². The van der Waals surface area contributed by atoms with E-state index in [-0.39, 0.29) is 16.9 Å². The summed E-state index contributed by atoms with van der Waals surface area (Å²) in [5.74, 6) is -0.442. The predicted molar refractivity (Wildman–Crippen MR) is 101 cm³/mol. The lowest BCUT2D eigenvalue weighted by molar-refractivity contribution is 0.102. The van der Waals surface area contributed by atoms with Crippen molar-refractivity contribution in [3.63, 3.8) is 0 Å². The number of carbonyl (C=O) groups is 1. The molecule has 0 atom stereocenters. The van der Waals surface area contributed by atoms with Gasteiger partial charge in [0.25, 0.3) is 11.5 Å². The summed E-state index contributed by atoms with van der Waals surface area (Å²) in [4.78, 5) is 24.4. The minimum absolute atomic E-state index is 0.0439. The number of amides is 1. The second-order valence-electron chi connectivity index (χ2n) is 6.21. The number of anilines is 2. The van der Waals surface area contributed by atoms with Crippen LogP contribution >= 0.6 is 0 Å². The van der Waals surface area contributed by atoms with Gasteiger partial charge in [0.1, 0.15) is 5.56 Å². The van der Waals surface area contributed by atoms with E-state index in [1.165, 1.54) is 14.9 Å². The van der Waals surface area contributed by atoms with Crippen LogP contribution in [-0.2, 0) is 23.5 Å². The van der Waals surface area contributed by atoms with Gasteiger partial charge < -0.3 is 9.88 Å². The molecule has 2 heterocycles. The molecule has 0 spiro atoms. The van der Waals surface area contributed by atoms with Crippen molar-refractivity contribution in [2.45, 2.75) is 19.8 Å². The molecule has 138 valence electrons. The number of sulfonamides is 1. The molecule has 2 aromatic rings. The molecule has 0 saturated heterocycles. The van der Waals surface area contributed by atoms with Gasteiger partial charge in [-0.2, -0.15) is 0 Å². The Kier molecular flexibility index (Phi) is 4.86. The third-order valence-corrected chi connectivity index (χ3v) is 6.26. The van der Waals surface area contributed by atoms with Gasteiger partial charge in [0.2, 0.25) is 10.0 Å². The number of aromatic nitrogens is 1. The number of carbonyl (C=O) groups excluding carboxylic acids is 1. The number of nitrogens with zero attached hydrogens (tertiary/aromatic N) is 2. The van der Waals surface area contributed by atoms with E-state index >= 15 is 0 Å². The molecule has 26 heavy (non-hydrogen) atoms. The third kappa shape index (κ3) is 3.37. The van der Waals surface area contributed by atoms with Crippen molar-refractivity contribution in [1.82, 2.24) is 4.57 Å². The molecular formula is C18H21N3O4S. The second-order valence-corrected chi connectivity index (χ2v) is 8.39. The van der Waals surface area contributed by atoms with Crippen LogP contribution in [0, 0.1) is 0 Å². The maximum Gasteiger partial charge on any atom is 0.263 e. The third-order valence-electron chi connectivity index (χ3n) is 4.48. The fraction of sp³-hybridized carbons (Fsp3) is 0.333. The molecular weight excluding hydrogens is 354 g/mol. The zero-order valence-corrected chi connectivity index (χ0v) is 15.5. The molecule has 3 rings (SSSR count). The van der Waals surface area contributed by atoms with Crippen molar-refractivity contribution in [3.05, 3.63) is 58.0 Å². The molecule has 1 aliphatic heterocycles. The fourth-order valence-electron chi connectivity index (χ4n) is 3.05. The van der Waals surface area contributed by atoms with Gasteiger partial charge in [0, 0.05) is 25.5 Å². The highest BCUT2D eigenvalue weighted by Gasteiger charge is 2.26. The van der Waals surface area contributed by atoms with Gasteiger partial charge >= 0.3 is 0 Å². The summed E-state index contributed by atoms with van der Waals surface area (Å²) in [5.41, 5.74) is 1.75. The number of rotatable bonds is 4. The number of nitrogens with one attached hydrogen (secondary N) is 1. The first-order chi connectivity index (χ1) is 12.3. The molecule has 8 heteroatoms. The average Bonchev–Trinajstić information content (AvgIpc) is 2.63. The van der Waals surface area contributed by atoms with E-state index < -0.39 is 15.9 Å². The summed E-state index contributed by atoms with van der Waals surface area (Å²) >= 11 is 0. The first kappa shape index (κ1) is 18.2. The Labute approximate surface area is 152 Å². The average molecular weight is 375 g/mol. The largest absolute Gasteiger partial charge is 0.322 e. The molecule has 0 fully saturated rings. The maximum absolute atomic E-state index is 12.4. The number of aryl methyl sites for hydroxylation is 2. The van der Waals surface area contributed by atoms with Crippen LogP contribution in [0.2, 0.25) is 0 Å². The highest BCUT2D eigenvalue weighted by Crippen LogP contribution is 2.31. The summed E-state index contributed by atoms with van der Waals surface area (Å²) in [6, 6.07) is 8.26. The summed E-state index contributed by atoms with van der Waals surface area (Å²) in [6.07, 6.45) is 3.05. The number of benzene rings is 1. The van der Waals surface area contributed by atoms with E-state index in [2.05, 4.69) is 5.32 Å². The van der Waals surface area contributed by atoms with Crippen LogP contribution in [0.1, 0.15) is 29.3 Å². The van der Waals surface area contributed by atoms with Crippen molar-refractivity contribution in [3.8, 4) is 0 Å². The van der Waals surface area contributed by atoms with Crippen LogP contribution in [0.25, 0.3) is 0 Å². The van der Waals surface area contributed by atoms with Gasteiger partial charge in [-0.3, -0.25) is 13.9 Å². The van der Waals surface area contributed by atoms with Crippen molar-refractivity contribution in [2.24, 2.45) is 7.05 Å². The topological polar surface area (TPSA) is 88.5 Å². The lowest BCUT2D eigenvalue weighted by Gasteiger charge is -2.30. The van der Waals surface area contributed by atoms with Crippen molar-refractivity contribution in [1.29, 1.82) is 0 Å². The van der Waals surface area contributed by atoms with Crippen LogP contribution in [0.4, 0.5) is 11.4 Å². The molecule has 0 radical (unpaired) electrons. The van der Waals surface area contributed by atoms with Crippen molar-refractivity contribution >= 4 is 27.3 Å². The standard InChI is InChI=1S/C18H21N3O4S/c1-3-26(24,25)21-11-4-6-13-12-14(8-9-16(13)21)19-17(22)15-7-5-10-20(2)18(15)23/h5,7-10,12H,3-4,6,11H2,1-2H3,(H,19,22). The van der Waals surface area contributed by atoms with E-state index in [4.69, 9.17) is 0 Å². The highest BCUT2D eigenvalue weighted by atomic mass is 32.2. The van der Waals surface area contributed by atoms with Gasteiger partial charge in [0.15, 0.2) is 0 Å². The van der Waals surface area contributed by atoms with Crippen molar-refractivity contribution < 1.29 is 13.2 Å². The Morgan fingerprint density at radius 2 is 2.04 bits per heavy atom. The van der Waals surface area contributed by atoms with Gasteiger partial charge in [-0.25, -0.2) is 8.42 Å². The maximum atomic E-state index is 12.4. The van der Waals surface area contributed by atoms with E-state index in [0.29, 0.717) is 17.9 Å². The number of hydrogen-bond donors (Lipinski definition) is 1. The molecule has 0 aliphatic carbocycles. The second kappa shape index (κ2) is 6.95. The van der Waals surface area contributed by atoms with Crippen LogP contribution in [0.3, 0.4) is 0 Å². The summed E-state index contributed by atoms with van der Waals surface area (Å²) in [6.45, 7) is 2.09. The molecule has 1 aromatic carbocycles. The van der Waals surface area contributed by atoms with Crippen LogP contribution in [-0.4, -0.2) is 31.2 Å². The van der Waals surface area contributed by atoms with Gasteiger partial charge in [-0.15, -0.1) is 0 Å². The zero-order chi connectivity index (χ0) is 18.9. The monoisotopic (exact) mass is 375 g/mol. The SMILES string of the molecule is CCS(=O)(=O)N1CCCc2cc(NC(=O)c3cccn(C)c3=O)ccc21. The molecule has 1 aromatic heterocycles. The predicted octanol–water partition coefficient (Wildman–Crippen LogP) is 1.74. The number of pyridine rings is 1. The zero-order valence-electron chi connectivity index (χ0n) is 14.7. The summed E-state index contributed by atoms with van der Waals surface area (Å²) in [5, 5.41) is 2.72. The van der Waals surface area contributed by atoms with Crippen LogP contribution < -0.4 is 15.2 Å². The summed E-state index contributed by atoms with van der Waals surface area (Å²) < 4.78 is 27.3. The fourth-order valence-corrected chi connectivity index (χ4v) is 4.25. The van der Waals surface area contributed by atoms with E-state index in [1.807, 2.05) is 0 Å². The summed E-state index contributed by atoms with van der Waals surface area (Å²) in [7, 11) is -1.74. The first-order valence-electron chi connectivity index (χ1n) is 8.44. The van der Waals surface area contributed by atoms with Gasteiger partial charge in [0.05, 0.1) is 11.4 Å². The normalized spacial score (nSPS) is 14.0. The smallest absolute Gasteiger partial charge is 0.263 e. The molecule has 0 bridgehead atoms. The molecule has 0 saturated carbocycles. The molecule has 1 amide bonds. The Balaban J connectivity index is 1.89. The number of hydrogen-bond acceptors (Lipinski definition) is 4. The first-order valence-corrected chi connectivity index (χ1v) is 10.0. The van der Waals surface area contributed by atoms with Gasteiger partial charge in [-0.1, -0.05) is 0 Å². The lowest BCUT2D eigenvalue weighted by atomic mass is 10.0. The van der Waals surface area contributed by atoms with E-state index in [0.717, 1.165) is 18.4 Å². The minimum atomic E-state index is -3.32. The Morgan fingerprint density at radius 3 is 2.77 bits per heavy atom. The van der Waals surface area contributed by atoms with E-state index in [9.17, 15) is 18.0 Å². The minimum Gasteiger partial charge on any atom is -0.322 e. The number of fused-ring (bicyclic) bond motifs is 1. The van der Waals surface area contributed by atoms with Crippen LogP contribution in [0.5, 0.6) is 0 Å².